The van der Waals surface area contributed by atoms with Gasteiger partial charge in [0.25, 0.3) is 5.91 Å². The molecular formula is C36H43N5O4. The summed E-state index contributed by atoms with van der Waals surface area (Å²) in [6, 6.07) is 24.1. The van der Waals surface area contributed by atoms with E-state index in [0.717, 1.165) is 46.6 Å². The first kappa shape index (κ1) is 31.9. The van der Waals surface area contributed by atoms with Gasteiger partial charge in [0, 0.05) is 45.2 Å². The third-order valence-corrected chi connectivity index (χ3v) is 7.73. The van der Waals surface area contributed by atoms with E-state index in [1.54, 1.807) is 13.0 Å². The summed E-state index contributed by atoms with van der Waals surface area (Å²) >= 11 is 0. The fraction of sp³-hybridized carbons (Fsp3) is 0.361. The van der Waals surface area contributed by atoms with Crippen molar-refractivity contribution in [3.8, 4) is 11.1 Å². The van der Waals surface area contributed by atoms with Crippen LogP contribution < -0.4 is 16.0 Å². The monoisotopic (exact) mass is 609 g/mol. The molecule has 1 saturated heterocycles. The van der Waals surface area contributed by atoms with Gasteiger partial charge < -0.3 is 30.1 Å². The Balaban J connectivity index is 1.43. The average Bonchev–Trinajstić information content (AvgIpc) is 3.47. The van der Waals surface area contributed by atoms with Gasteiger partial charge in [-0.1, -0.05) is 74.5 Å². The molecule has 5 rings (SSSR count). The minimum absolute atomic E-state index is 0.106. The van der Waals surface area contributed by atoms with Crippen LogP contribution in [0, 0.1) is 12.3 Å². The lowest BCUT2D eigenvalue weighted by Crippen LogP contribution is -2.36. The molecule has 3 N–H and O–H groups in total. The van der Waals surface area contributed by atoms with Gasteiger partial charge in [0.05, 0.1) is 24.6 Å². The smallest absolute Gasteiger partial charge is 0.277 e. The fourth-order valence-electron chi connectivity index (χ4n) is 5.50. The fourth-order valence-corrected chi connectivity index (χ4v) is 5.50. The van der Waals surface area contributed by atoms with E-state index >= 15 is 0 Å². The van der Waals surface area contributed by atoms with E-state index in [0.29, 0.717) is 50.7 Å². The second kappa shape index (κ2) is 14.1. The number of ether oxygens (including phenoxy) is 1. The van der Waals surface area contributed by atoms with Crippen LogP contribution >= 0.6 is 0 Å². The highest BCUT2D eigenvalue weighted by Crippen LogP contribution is 2.33. The maximum absolute atomic E-state index is 13.6. The molecule has 0 bridgehead atoms. The summed E-state index contributed by atoms with van der Waals surface area (Å²) in [7, 11) is 0. The highest BCUT2D eigenvalue weighted by atomic mass is 16.5. The van der Waals surface area contributed by atoms with Crippen molar-refractivity contribution in [2.24, 2.45) is 11.1 Å². The first-order valence-corrected chi connectivity index (χ1v) is 15.4. The first-order valence-electron chi connectivity index (χ1n) is 15.4. The number of rotatable bonds is 10. The predicted octanol–water partition coefficient (Wildman–Crippen LogP) is 6.16. The van der Waals surface area contributed by atoms with E-state index in [-0.39, 0.29) is 22.9 Å². The number of nitrogens with two attached hydrogens (primary N) is 1. The molecule has 2 amide bonds. The van der Waals surface area contributed by atoms with Crippen LogP contribution in [0.25, 0.3) is 11.1 Å². The zero-order valence-corrected chi connectivity index (χ0v) is 26.6. The predicted molar refractivity (Wildman–Crippen MR) is 177 cm³/mol. The highest BCUT2D eigenvalue weighted by Gasteiger charge is 2.23. The van der Waals surface area contributed by atoms with Gasteiger partial charge in [0.1, 0.15) is 5.76 Å². The van der Waals surface area contributed by atoms with Crippen LogP contribution in [-0.4, -0.2) is 48.2 Å². The number of nitrogens with zero attached hydrogens (tertiary/aromatic N) is 3. The van der Waals surface area contributed by atoms with Crippen molar-refractivity contribution in [2.75, 3.05) is 36.5 Å². The molecule has 9 nitrogen and oxygen atoms in total. The van der Waals surface area contributed by atoms with Crippen LogP contribution in [0.1, 0.15) is 60.1 Å². The average molecular weight is 610 g/mol. The highest BCUT2D eigenvalue weighted by molar-refractivity contribution is 6.05. The topological polar surface area (TPSA) is 114 Å². The molecule has 9 heteroatoms. The molecule has 1 aromatic heterocycles. The molecule has 3 aromatic carbocycles. The second-order valence-electron chi connectivity index (χ2n) is 12.8. The SMILES string of the molecule is Cc1cc(C(=O)Nc2cc(-c3cccc(CN(Cc4cccc(CN)c4)C(=O)CC(C)(C)C)c3)ccc2N2CCOCC2)no1. The summed E-state index contributed by atoms with van der Waals surface area (Å²) in [4.78, 5) is 30.8. The third kappa shape index (κ3) is 8.59. The number of anilines is 2. The largest absolute Gasteiger partial charge is 0.378 e. The minimum Gasteiger partial charge on any atom is -0.378 e. The van der Waals surface area contributed by atoms with Gasteiger partial charge in [0.2, 0.25) is 5.91 Å². The molecule has 2 heterocycles. The van der Waals surface area contributed by atoms with E-state index in [9.17, 15) is 9.59 Å². The lowest BCUT2D eigenvalue weighted by Gasteiger charge is -2.31. The molecule has 0 spiro atoms. The number of hydrogen-bond acceptors (Lipinski definition) is 7. The molecule has 0 atom stereocenters. The quantitative estimate of drug-likeness (QED) is 0.221. The maximum atomic E-state index is 13.6. The molecule has 1 fully saturated rings. The van der Waals surface area contributed by atoms with Crippen LogP contribution in [-0.2, 0) is 29.2 Å². The number of amides is 2. The zero-order chi connectivity index (χ0) is 32.0. The molecule has 0 unspecified atom stereocenters. The number of carbonyl (C=O) groups is 2. The molecule has 0 aliphatic carbocycles. The van der Waals surface area contributed by atoms with Crippen molar-refractivity contribution < 1.29 is 18.8 Å². The number of aromatic nitrogens is 1. The number of aryl methyl sites for hydroxylation is 1. The Kier molecular flexibility index (Phi) is 10.0. The van der Waals surface area contributed by atoms with Gasteiger partial charge in [-0.2, -0.15) is 0 Å². The number of carbonyl (C=O) groups excluding carboxylic acids is 2. The van der Waals surface area contributed by atoms with Crippen LogP contribution in [0.3, 0.4) is 0 Å². The molecule has 4 aromatic rings. The molecule has 236 valence electrons. The Morgan fingerprint density at radius 3 is 2.24 bits per heavy atom. The van der Waals surface area contributed by atoms with Gasteiger partial charge in [-0.3, -0.25) is 9.59 Å². The minimum atomic E-state index is -0.334. The van der Waals surface area contributed by atoms with E-state index in [1.807, 2.05) is 47.4 Å². The molecule has 1 aliphatic heterocycles. The van der Waals surface area contributed by atoms with Crippen LogP contribution in [0.5, 0.6) is 0 Å². The Labute approximate surface area is 265 Å². The van der Waals surface area contributed by atoms with Crippen molar-refractivity contribution in [3.63, 3.8) is 0 Å². The zero-order valence-electron chi connectivity index (χ0n) is 26.6. The lowest BCUT2D eigenvalue weighted by molar-refractivity contribution is -0.134. The second-order valence-corrected chi connectivity index (χ2v) is 12.8. The summed E-state index contributed by atoms with van der Waals surface area (Å²) in [5.74, 6) is 0.342. The van der Waals surface area contributed by atoms with E-state index in [4.69, 9.17) is 15.0 Å². The summed E-state index contributed by atoms with van der Waals surface area (Å²) in [5.41, 5.74) is 12.6. The lowest BCUT2D eigenvalue weighted by atomic mass is 9.91. The number of morpholine rings is 1. The molecule has 0 radical (unpaired) electrons. The van der Waals surface area contributed by atoms with Crippen molar-refractivity contribution >= 4 is 23.2 Å². The van der Waals surface area contributed by atoms with Gasteiger partial charge in [-0.25, -0.2) is 0 Å². The molecule has 45 heavy (non-hydrogen) atoms. The van der Waals surface area contributed by atoms with Crippen LogP contribution in [0.15, 0.2) is 77.3 Å². The number of hydrogen-bond donors (Lipinski definition) is 2. The molecular weight excluding hydrogens is 566 g/mol. The number of benzene rings is 3. The number of nitrogens with one attached hydrogen (secondary N) is 1. The van der Waals surface area contributed by atoms with Crippen LogP contribution in [0.4, 0.5) is 11.4 Å². The van der Waals surface area contributed by atoms with Crippen molar-refractivity contribution in [2.45, 2.75) is 53.8 Å². The molecule has 0 saturated carbocycles. The van der Waals surface area contributed by atoms with Crippen LogP contribution in [0.2, 0.25) is 0 Å². The van der Waals surface area contributed by atoms with E-state index in [1.165, 1.54) is 0 Å². The summed E-state index contributed by atoms with van der Waals surface area (Å²) < 4.78 is 10.7. The maximum Gasteiger partial charge on any atom is 0.277 e. The Bertz CT molecular complexity index is 1630. The van der Waals surface area contributed by atoms with Gasteiger partial charge >= 0.3 is 0 Å². The van der Waals surface area contributed by atoms with Crippen molar-refractivity contribution in [1.82, 2.24) is 10.1 Å². The van der Waals surface area contributed by atoms with E-state index in [2.05, 4.69) is 60.4 Å². The molecule has 1 aliphatic rings. The van der Waals surface area contributed by atoms with Gasteiger partial charge in [0.15, 0.2) is 5.69 Å². The first-order chi connectivity index (χ1) is 21.6. The van der Waals surface area contributed by atoms with Gasteiger partial charge in [-0.15, -0.1) is 0 Å². The summed E-state index contributed by atoms with van der Waals surface area (Å²) in [6.45, 7) is 12.1. The van der Waals surface area contributed by atoms with Gasteiger partial charge in [-0.05, 0) is 58.4 Å². The van der Waals surface area contributed by atoms with Crippen molar-refractivity contribution in [3.05, 3.63) is 101 Å². The normalized spacial score (nSPS) is 13.5. The summed E-state index contributed by atoms with van der Waals surface area (Å²) in [6.07, 6.45) is 0.445. The summed E-state index contributed by atoms with van der Waals surface area (Å²) in [5, 5.41) is 6.95. The Hall–Kier alpha value is -4.47. The third-order valence-electron chi connectivity index (χ3n) is 7.73. The standard InChI is InChI=1S/C36H43N5O4/c1-25-17-32(39-45-25)35(43)38-31-20-30(11-12-33(31)40-13-15-44-16-14-40)29-10-6-9-28(19-29)24-41(34(42)21-36(2,3)4)23-27-8-5-7-26(18-27)22-37/h5-12,17-20H,13-16,21-24,37H2,1-4H3,(H,38,43). The van der Waals surface area contributed by atoms with E-state index < -0.39 is 0 Å². The van der Waals surface area contributed by atoms with Crippen molar-refractivity contribution in [1.29, 1.82) is 0 Å². The Morgan fingerprint density at radius 2 is 1.58 bits per heavy atom. The Morgan fingerprint density at radius 1 is 0.911 bits per heavy atom.